The maximum Gasteiger partial charge on any atom is 0.105 e. The Labute approximate surface area is 123 Å². The molecule has 0 aliphatic carbocycles. The van der Waals surface area contributed by atoms with Crippen molar-refractivity contribution in [1.29, 1.82) is 0 Å². The first-order chi connectivity index (χ1) is 10.4. The van der Waals surface area contributed by atoms with Gasteiger partial charge in [0.05, 0.1) is 17.6 Å². The number of hydrogen-bond donors (Lipinski definition) is 1. The van der Waals surface area contributed by atoms with Gasteiger partial charge in [-0.2, -0.15) is 0 Å². The standard InChI is InChI=1S/C18H13N3/c1-2-6-13(7-3-1)18-14-8-4-5-9-15(14)20-16-10-11-19-12-17(16)21-18/h1-12,20H. The van der Waals surface area contributed by atoms with Crippen molar-refractivity contribution in [2.24, 2.45) is 4.99 Å². The van der Waals surface area contributed by atoms with E-state index in [9.17, 15) is 0 Å². The highest BCUT2D eigenvalue weighted by atomic mass is 15.0. The Morgan fingerprint density at radius 2 is 1.57 bits per heavy atom. The fourth-order valence-corrected chi connectivity index (χ4v) is 2.52. The van der Waals surface area contributed by atoms with Crippen LogP contribution in [0.3, 0.4) is 0 Å². The summed E-state index contributed by atoms with van der Waals surface area (Å²) >= 11 is 0. The molecule has 0 unspecified atom stereocenters. The van der Waals surface area contributed by atoms with Gasteiger partial charge in [0.1, 0.15) is 5.69 Å². The van der Waals surface area contributed by atoms with Crippen molar-refractivity contribution in [3.8, 4) is 0 Å². The molecule has 0 spiro atoms. The fraction of sp³-hybridized carbons (Fsp3) is 0. The van der Waals surface area contributed by atoms with E-state index in [-0.39, 0.29) is 0 Å². The Kier molecular flexibility index (Phi) is 2.75. The first-order valence-corrected chi connectivity index (χ1v) is 6.86. The highest BCUT2D eigenvalue weighted by molar-refractivity contribution is 6.18. The molecule has 1 aromatic heterocycles. The average molecular weight is 271 g/mol. The monoisotopic (exact) mass is 271 g/mol. The Balaban J connectivity index is 2.00. The lowest BCUT2D eigenvalue weighted by atomic mass is 10.0. The number of fused-ring (bicyclic) bond motifs is 2. The lowest BCUT2D eigenvalue weighted by Gasteiger charge is -2.10. The number of pyridine rings is 1. The second-order valence-corrected chi connectivity index (χ2v) is 4.89. The first kappa shape index (κ1) is 11.9. The SMILES string of the molecule is c1ccc(C2=Nc3cnccc3Nc3ccccc32)cc1. The Hall–Kier alpha value is -2.94. The van der Waals surface area contributed by atoms with Crippen LogP contribution in [-0.2, 0) is 0 Å². The van der Waals surface area contributed by atoms with E-state index >= 15 is 0 Å². The Morgan fingerprint density at radius 3 is 2.48 bits per heavy atom. The molecule has 0 fully saturated rings. The summed E-state index contributed by atoms with van der Waals surface area (Å²) < 4.78 is 0. The van der Waals surface area contributed by atoms with Crippen LogP contribution < -0.4 is 5.32 Å². The summed E-state index contributed by atoms with van der Waals surface area (Å²) in [5.41, 5.74) is 6.05. The van der Waals surface area contributed by atoms with Crippen LogP contribution in [0.5, 0.6) is 0 Å². The van der Waals surface area contributed by atoms with E-state index in [2.05, 4.69) is 34.6 Å². The van der Waals surface area contributed by atoms with Crippen LogP contribution in [0.4, 0.5) is 17.1 Å². The van der Waals surface area contributed by atoms with Gasteiger partial charge in [0, 0.05) is 23.0 Å². The van der Waals surface area contributed by atoms with Gasteiger partial charge in [-0.15, -0.1) is 0 Å². The summed E-state index contributed by atoms with van der Waals surface area (Å²) in [5, 5.41) is 3.45. The molecule has 0 radical (unpaired) electrons. The molecule has 4 rings (SSSR count). The second-order valence-electron chi connectivity index (χ2n) is 4.89. The quantitative estimate of drug-likeness (QED) is 0.560. The number of para-hydroxylation sites is 1. The molecule has 2 aromatic carbocycles. The summed E-state index contributed by atoms with van der Waals surface area (Å²) in [4.78, 5) is 9.03. The third-order valence-corrected chi connectivity index (χ3v) is 3.53. The van der Waals surface area contributed by atoms with E-state index in [1.165, 1.54) is 0 Å². The van der Waals surface area contributed by atoms with Gasteiger partial charge in [-0.1, -0.05) is 48.5 Å². The van der Waals surface area contributed by atoms with Gasteiger partial charge in [-0.3, -0.25) is 4.98 Å². The van der Waals surface area contributed by atoms with Crippen molar-refractivity contribution in [3.63, 3.8) is 0 Å². The predicted molar refractivity (Wildman–Crippen MR) is 85.7 cm³/mol. The zero-order chi connectivity index (χ0) is 14.1. The van der Waals surface area contributed by atoms with Crippen molar-refractivity contribution < 1.29 is 0 Å². The van der Waals surface area contributed by atoms with E-state index in [1.54, 1.807) is 12.4 Å². The van der Waals surface area contributed by atoms with Crippen molar-refractivity contribution >= 4 is 22.8 Å². The summed E-state index contributed by atoms with van der Waals surface area (Å²) in [6, 6.07) is 20.4. The van der Waals surface area contributed by atoms with Crippen molar-refractivity contribution in [2.45, 2.75) is 0 Å². The van der Waals surface area contributed by atoms with Gasteiger partial charge in [-0.05, 0) is 12.1 Å². The number of anilines is 2. The van der Waals surface area contributed by atoms with Gasteiger partial charge in [0.25, 0.3) is 0 Å². The number of aliphatic imine (C=N–C) groups is 1. The number of benzene rings is 2. The Morgan fingerprint density at radius 1 is 0.762 bits per heavy atom. The van der Waals surface area contributed by atoms with Crippen LogP contribution in [0, 0.1) is 0 Å². The lowest BCUT2D eigenvalue weighted by molar-refractivity contribution is 1.30. The minimum Gasteiger partial charge on any atom is -0.353 e. The predicted octanol–water partition coefficient (Wildman–Crippen LogP) is 4.31. The number of rotatable bonds is 1. The largest absolute Gasteiger partial charge is 0.353 e. The fourth-order valence-electron chi connectivity index (χ4n) is 2.52. The molecule has 1 N–H and O–H groups in total. The summed E-state index contributed by atoms with van der Waals surface area (Å²) in [7, 11) is 0. The van der Waals surface area contributed by atoms with Crippen LogP contribution in [0.25, 0.3) is 0 Å². The molecule has 3 aromatic rings. The zero-order valence-corrected chi connectivity index (χ0v) is 11.3. The summed E-state index contributed by atoms with van der Waals surface area (Å²) in [5.74, 6) is 0. The van der Waals surface area contributed by atoms with Gasteiger partial charge < -0.3 is 5.32 Å². The molecule has 100 valence electrons. The molecule has 3 heteroatoms. The van der Waals surface area contributed by atoms with Gasteiger partial charge in [0.15, 0.2) is 0 Å². The molecule has 0 saturated heterocycles. The van der Waals surface area contributed by atoms with Gasteiger partial charge >= 0.3 is 0 Å². The number of nitrogens with one attached hydrogen (secondary N) is 1. The zero-order valence-electron chi connectivity index (χ0n) is 11.3. The van der Waals surface area contributed by atoms with Crippen LogP contribution in [-0.4, -0.2) is 10.7 Å². The number of aromatic nitrogens is 1. The molecule has 1 aliphatic heterocycles. The second kappa shape index (κ2) is 4.87. The molecule has 3 nitrogen and oxygen atoms in total. The minimum atomic E-state index is 0.854. The summed E-state index contributed by atoms with van der Waals surface area (Å²) in [6.45, 7) is 0. The minimum absolute atomic E-state index is 0.854. The van der Waals surface area contributed by atoms with Gasteiger partial charge in [0.2, 0.25) is 0 Å². The first-order valence-electron chi connectivity index (χ1n) is 6.86. The number of nitrogens with zero attached hydrogens (tertiary/aromatic N) is 2. The highest BCUT2D eigenvalue weighted by Gasteiger charge is 2.16. The van der Waals surface area contributed by atoms with E-state index in [0.717, 1.165) is 33.9 Å². The molecular weight excluding hydrogens is 258 g/mol. The molecule has 0 saturated carbocycles. The normalized spacial score (nSPS) is 12.5. The third kappa shape index (κ3) is 2.09. The van der Waals surface area contributed by atoms with E-state index < -0.39 is 0 Å². The topological polar surface area (TPSA) is 37.3 Å². The van der Waals surface area contributed by atoms with Crippen molar-refractivity contribution in [1.82, 2.24) is 4.98 Å². The van der Waals surface area contributed by atoms with Crippen molar-refractivity contribution in [3.05, 3.63) is 84.2 Å². The van der Waals surface area contributed by atoms with E-state index in [1.807, 2.05) is 36.4 Å². The van der Waals surface area contributed by atoms with Crippen LogP contribution in [0.15, 0.2) is 78.0 Å². The maximum atomic E-state index is 4.84. The summed E-state index contributed by atoms with van der Waals surface area (Å²) in [6.07, 6.45) is 3.56. The smallest absolute Gasteiger partial charge is 0.105 e. The maximum absolute atomic E-state index is 4.84. The highest BCUT2D eigenvalue weighted by Crippen LogP contribution is 2.34. The molecular formula is C18H13N3. The lowest BCUT2D eigenvalue weighted by Crippen LogP contribution is -2.04. The average Bonchev–Trinajstić information content (AvgIpc) is 2.72. The number of hydrogen-bond acceptors (Lipinski definition) is 3. The van der Waals surface area contributed by atoms with E-state index in [0.29, 0.717) is 0 Å². The molecule has 0 atom stereocenters. The Bertz CT molecular complexity index is 823. The van der Waals surface area contributed by atoms with Crippen LogP contribution in [0.1, 0.15) is 11.1 Å². The van der Waals surface area contributed by atoms with Crippen LogP contribution >= 0.6 is 0 Å². The molecule has 1 aliphatic rings. The molecule has 0 amide bonds. The van der Waals surface area contributed by atoms with Crippen LogP contribution in [0.2, 0.25) is 0 Å². The molecule has 21 heavy (non-hydrogen) atoms. The third-order valence-electron chi connectivity index (χ3n) is 3.53. The molecule has 0 bridgehead atoms. The van der Waals surface area contributed by atoms with Crippen molar-refractivity contribution in [2.75, 3.05) is 5.32 Å². The van der Waals surface area contributed by atoms with Gasteiger partial charge in [-0.25, -0.2) is 4.99 Å². The molecule has 2 heterocycles. The van der Waals surface area contributed by atoms with E-state index in [4.69, 9.17) is 4.99 Å².